The van der Waals surface area contributed by atoms with Crippen LogP contribution in [0.4, 0.5) is 0 Å². The molecule has 0 aliphatic rings. The highest BCUT2D eigenvalue weighted by molar-refractivity contribution is 4.66. The van der Waals surface area contributed by atoms with E-state index in [9.17, 15) is 0 Å². The molecule has 0 aromatic carbocycles. The summed E-state index contributed by atoms with van der Waals surface area (Å²) in [5.41, 5.74) is 11.4. The number of nitrogens with two attached hydrogens (primary N) is 2. The lowest BCUT2D eigenvalue weighted by atomic mass is 10.2. The van der Waals surface area contributed by atoms with Crippen LogP contribution in [-0.2, 0) is 0 Å². The van der Waals surface area contributed by atoms with Crippen LogP contribution in [0.5, 0.6) is 0 Å². The first kappa shape index (κ1) is 15.8. The summed E-state index contributed by atoms with van der Waals surface area (Å²) in [5, 5.41) is 23.6. The summed E-state index contributed by atoms with van der Waals surface area (Å²) in [7, 11) is 0. The van der Waals surface area contributed by atoms with Crippen molar-refractivity contribution in [1.29, 1.82) is 0 Å². The van der Waals surface area contributed by atoms with Gasteiger partial charge in [-0.25, -0.2) is 0 Å². The fraction of sp³-hybridized carbons (Fsp3) is 1.00. The minimum Gasteiger partial charge on any atom is -0.396 e. The summed E-state index contributed by atoms with van der Waals surface area (Å²) in [6.07, 6.45) is 1.25. The molecule has 2 unspecified atom stereocenters. The van der Waals surface area contributed by atoms with E-state index in [-0.39, 0.29) is 25.3 Å². The standard InChI is InChI=1S/C10H26N4O2/c11-9(1-5-15)7-13-3-4-14-8-10(12)2-6-16/h9-10,13-16H,1-8,11-12H2. The van der Waals surface area contributed by atoms with Crippen LogP contribution in [0, 0.1) is 0 Å². The molecule has 0 aromatic rings. The van der Waals surface area contributed by atoms with Crippen LogP contribution in [0.1, 0.15) is 12.8 Å². The third-order valence-electron chi connectivity index (χ3n) is 2.29. The van der Waals surface area contributed by atoms with Gasteiger partial charge in [-0.1, -0.05) is 0 Å². The van der Waals surface area contributed by atoms with Gasteiger partial charge in [-0.3, -0.25) is 0 Å². The Labute approximate surface area is 97.4 Å². The number of aliphatic hydroxyl groups excluding tert-OH is 2. The average Bonchev–Trinajstić information content (AvgIpc) is 2.24. The Hall–Kier alpha value is -0.240. The van der Waals surface area contributed by atoms with Crippen LogP contribution in [0.2, 0.25) is 0 Å². The van der Waals surface area contributed by atoms with E-state index in [0.717, 1.165) is 13.1 Å². The largest absolute Gasteiger partial charge is 0.396 e. The number of hydrogen-bond donors (Lipinski definition) is 6. The number of rotatable bonds is 11. The highest BCUT2D eigenvalue weighted by atomic mass is 16.3. The quantitative estimate of drug-likeness (QED) is 0.222. The normalized spacial score (nSPS) is 15.0. The molecule has 0 aromatic heterocycles. The van der Waals surface area contributed by atoms with Gasteiger partial charge in [-0.05, 0) is 12.8 Å². The molecule has 0 aliphatic carbocycles. The van der Waals surface area contributed by atoms with Gasteiger partial charge in [-0.15, -0.1) is 0 Å². The summed E-state index contributed by atoms with van der Waals surface area (Å²) in [4.78, 5) is 0. The van der Waals surface area contributed by atoms with E-state index in [1.54, 1.807) is 0 Å². The summed E-state index contributed by atoms with van der Waals surface area (Å²) >= 11 is 0. The number of hydrogen-bond acceptors (Lipinski definition) is 6. The van der Waals surface area contributed by atoms with Crippen LogP contribution in [0.25, 0.3) is 0 Å². The van der Waals surface area contributed by atoms with Crippen LogP contribution in [0.3, 0.4) is 0 Å². The molecule has 2 atom stereocenters. The van der Waals surface area contributed by atoms with E-state index < -0.39 is 0 Å². The molecular weight excluding hydrogens is 208 g/mol. The lowest BCUT2D eigenvalue weighted by Crippen LogP contribution is -2.40. The predicted molar refractivity (Wildman–Crippen MR) is 65.1 cm³/mol. The molecule has 0 saturated heterocycles. The Morgan fingerprint density at radius 2 is 1.19 bits per heavy atom. The van der Waals surface area contributed by atoms with E-state index in [1.165, 1.54) is 0 Å². The van der Waals surface area contributed by atoms with Crippen LogP contribution >= 0.6 is 0 Å². The van der Waals surface area contributed by atoms with Crippen LogP contribution in [-0.4, -0.2) is 61.7 Å². The molecule has 0 amide bonds. The van der Waals surface area contributed by atoms with Gasteiger partial charge >= 0.3 is 0 Å². The molecule has 6 nitrogen and oxygen atoms in total. The Bertz CT molecular complexity index is 133. The summed E-state index contributed by atoms with van der Waals surface area (Å²) in [6.45, 7) is 3.35. The topological polar surface area (TPSA) is 117 Å². The van der Waals surface area contributed by atoms with Crippen LogP contribution < -0.4 is 22.1 Å². The fourth-order valence-electron chi connectivity index (χ4n) is 1.29. The molecule has 0 spiro atoms. The molecule has 8 N–H and O–H groups in total. The van der Waals surface area contributed by atoms with Crippen molar-refractivity contribution >= 4 is 0 Å². The minimum absolute atomic E-state index is 0.0154. The maximum atomic E-state index is 8.63. The summed E-state index contributed by atoms with van der Waals surface area (Å²) in [6, 6.07) is 0.0308. The Morgan fingerprint density at radius 1 is 0.812 bits per heavy atom. The Morgan fingerprint density at radius 3 is 1.50 bits per heavy atom. The molecule has 0 rings (SSSR count). The van der Waals surface area contributed by atoms with Gasteiger partial charge in [0, 0.05) is 51.5 Å². The van der Waals surface area contributed by atoms with Crippen molar-refractivity contribution in [2.75, 3.05) is 39.4 Å². The second-order valence-corrected chi connectivity index (χ2v) is 3.95. The van der Waals surface area contributed by atoms with Gasteiger partial charge in [0.15, 0.2) is 0 Å². The zero-order valence-corrected chi connectivity index (χ0v) is 9.86. The van der Waals surface area contributed by atoms with Gasteiger partial charge < -0.3 is 32.3 Å². The fourth-order valence-corrected chi connectivity index (χ4v) is 1.29. The molecular formula is C10H26N4O2. The molecule has 0 radical (unpaired) electrons. The number of nitrogens with one attached hydrogen (secondary N) is 2. The smallest absolute Gasteiger partial charge is 0.0446 e. The average molecular weight is 234 g/mol. The van der Waals surface area contributed by atoms with Crippen molar-refractivity contribution in [3.05, 3.63) is 0 Å². The van der Waals surface area contributed by atoms with Crippen molar-refractivity contribution in [2.24, 2.45) is 11.5 Å². The van der Waals surface area contributed by atoms with E-state index >= 15 is 0 Å². The van der Waals surface area contributed by atoms with Gasteiger partial charge in [0.1, 0.15) is 0 Å². The molecule has 98 valence electrons. The Balaban J connectivity index is 3.15. The molecule has 0 heterocycles. The zero-order chi connectivity index (χ0) is 12.2. The molecule has 0 saturated carbocycles. The Kier molecular flexibility index (Phi) is 11.1. The van der Waals surface area contributed by atoms with E-state index in [0.29, 0.717) is 25.9 Å². The molecule has 0 aliphatic heterocycles. The van der Waals surface area contributed by atoms with Gasteiger partial charge in [0.05, 0.1) is 0 Å². The highest BCUT2D eigenvalue weighted by Crippen LogP contribution is 1.84. The second-order valence-electron chi connectivity index (χ2n) is 3.95. The van der Waals surface area contributed by atoms with Gasteiger partial charge in [0.2, 0.25) is 0 Å². The lowest BCUT2D eigenvalue weighted by Gasteiger charge is -2.13. The van der Waals surface area contributed by atoms with E-state index in [1.807, 2.05) is 0 Å². The second kappa shape index (κ2) is 11.3. The molecule has 0 bridgehead atoms. The van der Waals surface area contributed by atoms with Crippen molar-refractivity contribution < 1.29 is 10.2 Å². The zero-order valence-electron chi connectivity index (χ0n) is 9.86. The SMILES string of the molecule is NC(CCO)CNCCNCC(N)CCO. The van der Waals surface area contributed by atoms with Crippen molar-refractivity contribution in [2.45, 2.75) is 24.9 Å². The maximum absolute atomic E-state index is 8.63. The first-order chi connectivity index (χ1) is 7.70. The third-order valence-corrected chi connectivity index (χ3v) is 2.29. The van der Waals surface area contributed by atoms with E-state index in [2.05, 4.69) is 10.6 Å². The first-order valence-electron chi connectivity index (χ1n) is 5.85. The van der Waals surface area contributed by atoms with E-state index in [4.69, 9.17) is 21.7 Å². The monoisotopic (exact) mass is 234 g/mol. The van der Waals surface area contributed by atoms with Gasteiger partial charge in [-0.2, -0.15) is 0 Å². The summed E-state index contributed by atoms with van der Waals surface area (Å²) in [5.74, 6) is 0. The lowest BCUT2D eigenvalue weighted by molar-refractivity contribution is 0.272. The molecule has 0 fully saturated rings. The van der Waals surface area contributed by atoms with Crippen LogP contribution in [0.15, 0.2) is 0 Å². The first-order valence-corrected chi connectivity index (χ1v) is 5.85. The highest BCUT2D eigenvalue weighted by Gasteiger charge is 2.01. The number of aliphatic hydroxyl groups is 2. The summed E-state index contributed by atoms with van der Waals surface area (Å²) < 4.78 is 0. The van der Waals surface area contributed by atoms with Gasteiger partial charge in [0.25, 0.3) is 0 Å². The van der Waals surface area contributed by atoms with Crippen molar-refractivity contribution in [3.63, 3.8) is 0 Å². The van der Waals surface area contributed by atoms with Crippen molar-refractivity contribution in [3.8, 4) is 0 Å². The maximum Gasteiger partial charge on any atom is 0.0446 e. The predicted octanol–water partition coefficient (Wildman–Crippen LogP) is -2.41. The molecule has 16 heavy (non-hydrogen) atoms. The van der Waals surface area contributed by atoms with Crippen molar-refractivity contribution in [1.82, 2.24) is 10.6 Å². The molecule has 6 heteroatoms. The third kappa shape index (κ3) is 10.3. The minimum atomic E-state index is 0.0154.